The summed E-state index contributed by atoms with van der Waals surface area (Å²) in [4.78, 5) is 12.3. The SMILES string of the molecule is [B]c1cnn2c(NCC(CC)CCCCC(=O)Nc3cccc(C#N)c3)cc(C(=C)/C(O)=C\C=C/C)cc12. The van der Waals surface area contributed by atoms with E-state index in [9.17, 15) is 9.90 Å². The largest absolute Gasteiger partial charge is 0.507 e. The molecule has 3 aromatic rings. The van der Waals surface area contributed by atoms with Crippen molar-refractivity contribution in [1.82, 2.24) is 9.61 Å². The van der Waals surface area contributed by atoms with E-state index in [-0.39, 0.29) is 11.7 Å². The second kappa shape index (κ2) is 13.9. The fraction of sp³-hybridized carbons (Fsp3) is 0.300. The first kappa shape index (κ1) is 28.3. The second-order valence-electron chi connectivity index (χ2n) is 9.22. The van der Waals surface area contributed by atoms with Gasteiger partial charge >= 0.3 is 0 Å². The van der Waals surface area contributed by atoms with E-state index in [4.69, 9.17) is 13.1 Å². The molecular weight excluding hydrogens is 473 g/mol. The molecule has 1 atom stereocenters. The minimum atomic E-state index is -0.0475. The molecule has 3 rings (SSSR count). The average molecular weight is 507 g/mol. The number of aromatic nitrogens is 2. The van der Waals surface area contributed by atoms with Gasteiger partial charge in [0.25, 0.3) is 0 Å². The summed E-state index contributed by atoms with van der Waals surface area (Å²) in [6, 6.07) is 12.8. The molecule has 0 aliphatic heterocycles. The quantitative estimate of drug-likeness (QED) is 0.120. The Balaban J connectivity index is 1.57. The van der Waals surface area contributed by atoms with Gasteiger partial charge in [-0.1, -0.05) is 50.0 Å². The molecule has 7 nitrogen and oxygen atoms in total. The van der Waals surface area contributed by atoms with E-state index in [1.54, 1.807) is 47.1 Å². The lowest BCUT2D eigenvalue weighted by molar-refractivity contribution is -0.116. The van der Waals surface area contributed by atoms with Gasteiger partial charge in [-0.2, -0.15) is 10.4 Å². The molecule has 1 amide bonds. The van der Waals surface area contributed by atoms with Crippen LogP contribution in [0.15, 0.2) is 73.2 Å². The Labute approximate surface area is 226 Å². The van der Waals surface area contributed by atoms with Gasteiger partial charge in [0.05, 0.1) is 17.1 Å². The summed E-state index contributed by atoms with van der Waals surface area (Å²) >= 11 is 0. The number of hydrogen-bond acceptors (Lipinski definition) is 5. The van der Waals surface area contributed by atoms with Crippen LogP contribution in [0.2, 0.25) is 0 Å². The summed E-state index contributed by atoms with van der Waals surface area (Å²) in [6.07, 6.45) is 10.9. The first-order chi connectivity index (χ1) is 18.4. The minimum absolute atomic E-state index is 0.0475. The number of unbranched alkanes of at least 4 members (excludes halogenated alkanes) is 1. The lowest BCUT2D eigenvalue weighted by atomic mass is 9.96. The van der Waals surface area contributed by atoms with E-state index in [1.165, 1.54) is 0 Å². The number of hydrogen-bond donors (Lipinski definition) is 3. The Hall–Kier alpha value is -4.25. The number of carbonyl (C=O) groups excluding carboxylic acids is 1. The van der Waals surface area contributed by atoms with Crippen LogP contribution >= 0.6 is 0 Å². The smallest absolute Gasteiger partial charge is 0.224 e. The van der Waals surface area contributed by atoms with Crippen molar-refractivity contribution in [1.29, 1.82) is 5.26 Å². The predicted octanol–water partition coefficient (Wildman–Crippen LogP) is 5.67. The third-order valence-corrected chi connectivity index (χ3v) is 6.44. The molecule has 2 radical (unpaired) electrons. The number of rotatable bonds is 13. The van der Waals surface area contributed by atoms with Crippen LogP contribution in [-0.4, -0.2) is 35.0 Å². The molecular formula is C30H34BN5O2. The number of aliphatic hydroxyl groups excluding tert-OH is 1. The van der Waals surface area contributed by atoms with Gasteiger partial charge in [0.15, 0.2) is 0 Å². The molecule has 0 fully saturated rings. The molecule has 0 aliphatic rings. The highest BCUT2D eigenvalue weighted by Crippen LogP contribution is 2.25. The Bertz CT molecular complexity index is 1380. The van der Waals surface area contributed by atoms with Crippen LogP contribution in [0.3, 0.4) is 0 Å². The number of allylic oxidation sites excluding steroid dienone is 4. The van der Waals surface area contributed by atoms with E-state index in [0.29, 0.717) is 34.6 Å². The van der Waals surface area contributed by atoms with Gasteiger partial charge in [-0.15, -0.1) is 0 Å². The van der Waals surface area contributed by atoms with Gasteiger partial charge in [0, 0.05) is 30.4 Å². The van der Waals surface area contributed by atoms with E-state index in [0.717, 1.165) is 49.1 Å². The number of nitriles is 1. The summed E-state index contributed by atoms with van der Waals surface area (Å²) in [7, 11) is 6.15. The second-order valence-corrected chi connectivity index (χ2v) is 9.22. The van der Waals surface area contributed by atoms with Crippen molar-refractivity contribution in [3.8, 4) is 6.07 Å². The standard InChI is InChI=1S/C30H34BN5O2/c1-4-6-13-28(37)21(3)24-16-27-26(31)20-34-36(27)29(17-24)33-19-22(5-2)10-7-8-14-30(38)35-25-12-9-11-23(15-25)18-32/h4,6,9,11-13,15-17,20,22,33,37H,3,5,7-8,10,14,19H2,1-2H3,(H,35,38)/b6-4-,28-13+. The molecule has 194 valence electrons. The summed E-state index contributed by atoms with van der Waals surface area (Å²) in [6.45, 7) is 8.82. The summed E-state index contributed by atoms with van der Waals surface area (Å²) in [5.41, 5.74) is 3.70. The average Bonchev–Trinajstić information content (AvgIpc) is 3.31. The molecule has 8 heteroatoms. The first-order valence-electron chi connectivity index (χ1n) is 12.9. The lowest BCUT2D eigenvalue weighted by Gasteiger charge is -2.18. The molecule has 1 unspecified atom stereocenters. The zero-order chi connectivity index (χ0) is 27.5. The fourth-order valence-electron chi connectivity index (χ4n) is 4.15. The van der Waals surface area contributed by atoms with Crippen LogP contribution in [-0.2, 0) is 4.79 Å². The van der Waals surface area contributed by atoms with Gasteiger partial charge in [-0.05, 0) is 67.7 Å². The number of amides is 1. The van der Waals surface area contributed by atoms with Crippen molar-refractivity contribution < 1.29 is 9.90 Å². The van der Waals surface area contributed by atoms with E-state index in [1.807, 2.05) is 25.1 Å². The molecule has 38 heavy (non-hydrogen) atoms. The van der Waals surface area contributed by atoms with Crippen molar-refractivity contribution in [3.63, 3.8) is 0 Å². The van der Waals surface area contributed by atoms with Gasteiger partial charge in [-0.25, -0.2) is 4.52 Å². The predicted molar refractivity (Wildman–Crippen MR) is 156 cm³/mol. The van der Waals surface area contributed by atoms with Crippen LogP contribution < -0.4 is 16.1 Å². The Morgan fingerprint density at radius 2 is 2.13 bits per heavy atom. The van der Waals surface area contributed by atoms with Crippen LogP contribution in [0.5, 0.6) is 0 Å². The lowest BCUT2D eigenvalue weighted by Crippen LogP contribution is -2.17. The van der Waals surface area contributed by atoms with Crippen molar-refractivity contribution >= 4 is 41.8 Å². The number of benzene rings is 1. The maximum absolute atomic E-state index is 12.3. The zero-order valence-electron chi connectivity index (χ0n) is 22.1. The molecule has 2 heterocycles. The minimum Gasteiger partial charge on any atom is -0.507 e. The van der Waals surface area contributed by atoms with Crippen LogP contribution in [0.4, 0.5) is 11.5 Å². The molecule has 2 aromatic heterocycles. The normalized spacial score (nSPS) is 12.4. The highest BCUT2D eigenvalue weighted by Gasteiger charge is 2.13. The zero-order valence-corrected chi connectivity index (χ0v) is 22.1. The molecule has 1 aromatic carbocycles. The third kappa shape index (κ3) is 7.63. The van der Waals surface area contributed by atoms with Gasteiger partial charge in [0.1, 0.15) is 19.4 Å². The first-order valence-corrected chi connectivity index (χ1v) is 12.9. The van der Waals surface area contributed by atoms with Gasteiger partial charge in [-0.3, -0.25) is 4.79 Å². The van der Waals surface area contributed by atoms with Crippen LogP contribution in [0.1, 0.15) is 57.1 Å². The summed E-state index contributed by atoms with van der Waals surface area (Å²) in [5.74, 6) is 1.22. The van der Waals surface area contributed by atoms with Crippen LogP contribution in [0.25, 0.3) is 11.1 Å². The number of nitrogens with zero attached hydrogens (tertiary/aromatic N) is 3. The maximum Gasteiger partial charge on any atom is 0.224 e. The molecule has 0 bridgehead atoms. The van der Waals surface area contributed by atoms with Crippen molar-refractivity contribution in [2.45, 2.75) is 46.0 Å². The molecule has 0 aliphatic carbocycles. The molecule has 3 N–H and O–H groups in total. The number of anilines is 2. The van der Waals surface area contributed by atoms with Crippen molar-refractivity contribution in [2.24, 2.45) is 5.92 Å². The topological polar surface area (TPSA) is 102 Å². The van der Waals surface area contributed by atoms with Crippen LogP contribution in [0, 0.1) is 17.2 Å². The van der Waals surface area contributed by atoms with Crippen molar-refractivity contribution in [2.75, 3.05) is 17.2 Å². The maximum atomic E-state index is 12.3. The molecule has 0 saturated heterocycles. The van der Waals surface area contributed by atoms with Crippen molar-refractivity contribution in [3.05, 3.63) is 84.3 Å². The highest BCUT2D eigenvalue weighted by molar-refractivity contribution is 6.36. The summed E-state index contributed by atoms with van der Waals surface area (Å²) in [5, 5.41) is 30.2. The van der Waals surface area contributed by atoms with Gasteiger partial charge < -0.3 is 15.7 Å². The number of aliphatic hydroxyl groups is 1. The molecule has 0 spiro atoms. The Morgan fingerprint density at radius 3 is 2.87 bits per heavy atom. The third-order valence-electron chi connectivity index (χ3n) is 6.44. The van der Waals surface area contributed by atoms with E-state index in [2.05, 4.69) is 35.3 Å². The number of fused-ring (bicyclic) bond motifs is 1. The number of pyridine rings is 1. The van der Waals surface area contributed by atoms with E-state index >= 15 is 0 Å². The highest BCUT2D eigenvalue weighted by atomic mass is 16.3. The Morgan fingerprint density at radius 1 is 1.32 bits per heavy atom. The molecule has 0 saturated carbocycles. The monoisotopic (exact) mass is 507 g/mol. The van der Waals surface area contributed by atoms with Gasteiger partial charge in [0.2, 0.25) is 5.91 Å². The fourth-order valence-corrected chi connectivity index (χ4v) is 4.15. The Kier molecular flexibility index (Phi) is 10.4. The summed E-state index contributed by atoms with van der Waals surface area (Å²) < 4.78 is 1.76. The number of carbonyl (C=O) groups is 1. The van der Waals surface area contributed by atoms with E-state index < -0.39 is 0 Å². The number of nitrogens with one attached hydrogen (secondary N) is 2.